The molecule has 2 aromatic rings. The van der Waals surface area contributed by atoms with Crippen molar-refractivity contribution in [1.29, 1.82) is 0 Å². The largest absolute Gasteiger partial charge is 0.490 e. The fraction of sp³-hybridized carbons (Fsp3) is 0.318. The Morgan fingerprint density at radius 3 is 2.37 bits per heavy atom. The summed E-state index contributed by atoms with van der Waals surface area (Å²) < 4.78 is 11.7. The zero-order valence-corrected chi connectivity index (χ0v) is 16.8. The molecule has 5 heteroatoms. The van der Waals surface area contributed by atoms with Crippen LogP contribution in [0.25, 0.3) is 6.08 Å². The first-order chi connectivity index (χ1) is 12.7. The van der Waals surface area contributed by atoms with Crippen LogP contribution in [0.1, 0.15) is 37.5 Å². The van der Waals surface area contributed by atoms with Crippen molar-refractivity contribution < 1.29 is 19.4 Å². The number of carboxylic acids is 1. The highest BCUT2D eigenvalue weighted by Gasteiger charge is 2.19. The van der Waals surface area contributed by atoms with E-state index in [9.17, 15) is 4.79 Å². The van der Waals surface area contributed by atoms with Crippen LogP contribution < -0.4 is 9.47 Å². The topological polar surface area (TPSA) is 55.8 Å². The molecule has 0 aliphatic carbocycles. The van der Waals surface area contributed by atoms with Gasteiger partial charge < -0.3 is 14.6 Å². The second kappa shape index (κ2) is 8.96. The number of carboxylic acid groups (broad SMARTS) is 1. The zero-order chi connectivity index (χ0) is 20.0. The van der Waals surface area contributed by atoms with E-state index >= 15 is 0 Å². The van der Waals surface area contributed by atoms with Crippen molar-refractivity contribution >= 4 is 23.6 Å². The van der Waals surface area contributed by atoms with E-state index in [1.54, 1.807) is 18.2 Å². The van der Waals surface area contributed by atoms with Gasteiger partial charge >= 0.3 is 5.97 Å². The summed E-state index contributed by atoms with van der Waals surface area (Å²) in [6.45, 7) is 9.18. The molecule has 0 unspecified atom stereocenters. The van der Waals surface area contributed by atoms with Gasteiger partial charge in [-0.15, -0.1) is 0 Å². The minimum atomic E-state index is -1.03. The lowest BCUT2D eigenvalue weighted by Gasteiger charge is -2.23. The van der Waals surface area contributed by atoms with Crippen molar-refractivity contribution in [3.8, 4) is 11.5 Å². The Morgan fingerprint density at radius 2 is 1.74 bits per heavy atom. The molecule has 2 aromatic carbocycles. The smallest absolute Gasteiger partial charge is 0.328 e. The SMILES string of the molecule is Cc1ccc(C(C)(C)C)c(OCCOc2ccc(Cl)cc2C=CC(=O)O)c1. The van der Waals surface area contributed by atoms with E-state index in [1.165, 1.54) is 6.08 Å². The van der Waals surface area contributed by atoms with E-state index in [4.69, 9.17) is 26.2 Å². The van der Waals surface area contributed by atoms with Crippen molar-refractivity contribution in [1.82, 2.24) is 0 Å². The Balaban J connectivity index is 2.04. The summed E-state index contributed by atoms with van der Waals surface area (Å²) in [4.78, 5) is 10.7. The first-order valence-corrected chi connectivity index (χ1v) is 9.12. The lowest BCUT2D eigenvalue weighted by atomic mass is 9.86. The van der Waals surface area contributed by atoms with Crippen LogP contribution >= 0.6 is 11.6 Å². The van der Waals surface area contributed by atoms with Crippen molar-refractivity contribution in [2.45, 2.75) is 33.1 Å². The van der Waals surface area contributed by atoms with Crippen LogP contribution in [-0.2, 0) is 10.2 Å². The van der Waals surface area contributed by atoms with Gasteiger partial charge in [0.15, 0.2) is 0 Å². The predicted octanol–water partition coefficient (Wildman–Crippen LogP) is 5.50. The Kier molecular flexibility index (Phi) is 6.92. The molecule has 0 radical (unpaired) electrons. The molecular weight excluding hydrogens is 364 g/mol. The highest BCUT2D eigenvalue weighted by atomic mass is 35.5. The standard InChI is InChI=1S/C22H25ClO4/c1-15-5-8-18(22(2,3)4)20(13-15)27-12-11-26-19-9-7-17(23)14-16(19)6-10-21(24)25/h5-10,13-14H,11-12H2,1-4H3,(H,24,25). The van der Waals surface area contributed by atoms with E-state index in [1.807, 2.05) is 13.0 Å². The lowest BCUT2D eigenvalue weighted by Crippen LogP contribution is -2.16. The van der Waals surface area contributed by atoms with Crippen LogP contribution in [0.5, 0.6) is 11.5 Å². The van der Waals surface area contributed by atoms with Crippen molar-refractivity contribution in [3.05, 3.63) is 64.2 Å². The number of aliphatic carboxylic acids is 1. The van der Waals surface area contributed by atoms with Gasteiger partial charge in [0.25, 0.3) is 0 Å². The molecule has 27 heavy (non-hydrogen) atoms. The number of carbonyl (C=O) groups is 1. The normalized spacial score (nSPS) is 11.6. The third-order valence-electron chi connectivity index (χ3n) is 3.92. The molecule has 0 spiro atoms. The van der Waals surface area contributed by atoms with Crippen LogP contribution in [-0.4, -0.2) is 24.3 Å². The number of hydrogen-bond donors (Lipinski definition) is 1. The van der Waals surface area contributed by atoms with Crippen molar-refractivity contribution in [3.63, 3.8) is 0 Å². The van der Waals surface area contributed by atoms with Gasteiger partial charge in [-0.1, -0.05) is 44.5 Å². The van der Waals surface area contributed by atoms with Crippen LogP contribution in [0.2, 0.25) is 5.02 Å². The second-order valence-electron chi connectivity index (χ2n) is 7.30. The average Bonchev–Trinajstić information content (AvgIpc) is 2.57. The fourth-order valence-electron chi connectivity index (χ4n) is 2.61. The molecule has 0 atom stereocenters. The Bertz CT molecular complexity index is 835. The van der Waals surface area contributed by atoms with Crippen LogP contribution in [0.15, 0.2) is 42.5 Å². The van der Waals surface area contributed by atoms with Crippen LogP contribution in [0, 0.1) is 6.92 Å². The molecule has 0 aliphatic rings. The summed E-state index contributed by atoms with van der Waals surface area (Å²) >= 11 is 5.99. The van der Waals surface area contributed by atoms with E-state index in [0.717, 1.165) is 23.0 Å². The van der Waals surface area contributed by atoms with Crippen LogP contribution in [0.3, 0.4) is 0 Å². The van der Waals surface area contributed by atoms with Gasteiger partial charge in [-0.05, 0) is 53.8 Å². The molecule has 0 saturated heterocycles. The van der Waals surface area contributed by atoms with Gasteiger partial charge in [0, 0.05) is 16.7 Å². The lowest BCUT2D eigenvalue weighted by molar-refractivity contribution is -0.131. The summed E-state index contributed by atoms with van der Waals surface area (Å²) in [6, 6.07) is 11.3. The number of aryl methyl sites for hydroxylation is 1. The van der Waals surface area contributed by atoms with Gasteiger partial charge in [0.1, 0.15) is 24.7 Å². The summed E-state index contributed by atoms with van der Waals surface area (Å²) in [7, 11) is 0. The van der Waals surface area contributed by atoms with Gasteiger partial charge in [-0.3, -0.25) is 0 Å². The third-order valence-corrected chi connectivity index (χ3v) is 4.16. The molecule has 144 valence electrons. The Morgan fingerprint density at radius 1 is 1.07 bits per heavy atom. The highest BCUT2D eigenvalue weighted by Crippen LogP contribution is 2.32. The molecule has 0 heterocycles. The first-order valence-electron chi connectivity index (χ1n) is 8.74. The third kappa shape index (κ3) is 6.33. The maximum atomic E-state index is 10.7. The Labute approximate surface area is 165 Å². The van der Waals surface area contributed by atoms with E-state index in [2.05, 4.69) is 32.9 Å². The van der Waals surface area contributed by atoms with Gasteiger partial charge in [-0.2, -0.15) is 0 Å². The molecule has 0 bridgehead atoms. The number of hydrogen-bond acceptors (Lipinski definition) is 3. The first kappa shape index (κ1) is 20.8. The highest BCUT2D eigenvalue weighted by molar-refractivity contribution is 6.30. The van der Waals surface area contributed by atoms with Crippen LogP contribution in [0.4, 0.5) is 0 Å². The maximum Gasteiger partial charge on any atom is 0.328 e. The molecule has 4 nitrogen and oxygen atoms in total. The number of benzene rings is 2. The molecule has 0 fully saturated rings. The molecule has 0 saturated carbocycles. The molecular formula is C22H25ClO4. The Hall–Kier alpha value is -2.46. The zero-order valence-electron chi connectivity index (χ0n) is 16.1. The molecule has 0 amide bonds. The second-order valence-corrected chi connectivity index (χ2v) is 7.74. The van der Waals surface area contributed by atoms with Gasteiger partial charge in [0.05, 0.1) is 0 Å². The molecule has 0 aromatic heterocycles. The summed E-state index contributed by atoms with van der Waals surface area (Å²) in [5.41, 5.74) is 2.87. The average molecular weight is 389 g/mol. The summed E-state index contributed by atoms with van der Waals surface area (Å²) in [6.07, 6.45) is 2.51. The van der Waals surface area contributed by atoms with Crippen molar-refractivity contribution in [2.75, 3.05) is 13.2 Å². The minimum absolute atomic E-state index is 0.0190. The quantitative estimate of drug-likeness (QED) is 0.502. The maximum absolute atomic E-state index is 10.7. The van der Waals surface area contributed by atoms with E-state index in [-0.39, 0.29) is 5.41 Å². The fourth-order valence-corrected chi connectivity index (χ4v) is 2.79. The molecule has 1 N–H and O–H groups in total. The van der Waals surface area contributed by atoms with E-state index in [0.29, 0.717) is 29.5 Å². The molecule has 0 aliphatic heterocycles. The summed E-state index contributed by atoms with van der Waals surface area (Å²) in [5.74, 6) is 0.382. The number of ether oxygens (including phenoxy) is 2. The van der Waals surface area contributed by atoms with Gasteiger partial charge in [-0.25, -0.2) is 4.79 Å². The number of halogens is 1. The minimum Gasteiger partial charge on any atom is -0.490 e. The monoisotopic (exact) mass is 388 g/mol. The van der Waals surface area contributed by atoms with E-state index < -0.39 is 5.97 Å². The summed E-state index contributed by atoms with van der Waals surface area (Å²) in [5, 5.41) is 9.32. The van der Waals surface area contributed by atoms with Gasteiger partial charge in [0.2, 0.25) is 0 Å². The van der Waals surface area contributed by atoms with Crippen molar-refractivity contribution in [2.24, 2.45) is 0 Å². The number of rotatable bonds is 7. The predicted molar refractivity (Wildman–Crippen MR) is 109 cm³/mol. The molecule has 2 rings (SSSR count).